The normalized spacial score (nSPS) is 28.5. The number of aliphatic hydroxyl groups is 1. The number of carbonyl (C=O) groups excluding carboxylic acids is 3. The van der Waals surface area contributed by atoms with E-state index in [9.17, 15) is 19.5 Å². The lowest BCUT2D eigenvalue weighted by Gasteiger charge is -2.43. The summed E-state index contributed by atoms with van der Waals surface area (Å²) in [7, 11) is 0. The van der Waals surface area contributed by atoms with Crippen LogP contribution < -0.4 is 0 Å². The van der Waals surface area contributed by atoms with Gasteiger partial charge in [-0.25, -0.2) is 0 Å². The molecule has 1 N–H and O–H groups in total. The lowest BCUT2D eigenvalue weighted by Crippen LogP contribution is -2.55. The Morgan fingerprint density at radius 1 is 1.23 bits per heavy atom. The van der Waals surface area contributed by atoms with Crippen molar-refractivity contribution >= 4 is 29.3 Å². The Morgan fingerprint density at radius 2 is 1.85 bits per heavy atom. The van der Waals surface area contributed by atoms with Gasteiger partial charge in [-0.2, -0.15) is 0 Å². The maximum absolute atomic E-state index is 12.7. The molecule has 2 rings (SSSR count). The predicted octanol–water partition coefficient (Wildman–Crippen LogP) is 2.51. The fraction of sp³-hybridized carbons (Fsp3) is 0.526. The third-order valence-corrected chi connectivity index (χ3v) is 4.82. The Labute approximate surface area is 157 Å². The number of halogens is 1. The number of rotatable bonds is 5. The molecule has 1 aliphatic rings. The van der Waals surface area contributed by atoms with Gasteiger partial charge in [0.2, 0.25) is 0 Å². The van der Waals surface area contributed by atoms with E-state index in [2.05, 4.69) is 0 Å². The minimum absolute atomic E-state index is 0.103. The first-order chi connectivity index (χ1) is 12.2. The van der Waals surface area contributed by atoms with Gasteiger partial charge in [-0.1, -0.05) is 23.7 Å². The van der Waals surface area contributed by atoms with E-state index in [0.29, 0.717) is 10.6 Å². The topological polar surface area (TPSA) is 89.9 Å². The van der Waals surface area contributed by atoms with Crippen LogP contribution in [0.2, 0.25) is 5.02 Å². The summed E-state index contributed by atoms with van der Waals surface area (Å²) in [6, 6.07) is 6.56. The van der Waals surface area contributed by atoms with Crippen LogP contribution in [0.4, 0.5) is 0 Å². The Kier molecular flexibility index (Phi) is 6.42. The fourth-order valence-corrected chi connectivity index (χ4v) is 3.79. The minimum atomic E-state index is -1.65. The number of benzene rings is 1. The summed E-state index contributed by atoms with van der Waals surface area (Å²) >= 11 is 6.07. The monoisotopic (exact) mass is 382 g/mol. The molecule has 0 saturated heterocycles. The molecule has 1 saturated carbocycles. The highest BCUT2D eigenvalue weighted by atomic mass is 35.5. The average molecular weight is 383 g/mol. The van der Waals surface area contributed by atoms with Gasteiger partial charge in [0.05, 0.1) is 24.7 Å². The molecule has 1 aromatic rings. The third kappa shape index (κ3) is 4.07. The smallest absolute Gasteiger partial charge is 0.317 e. The van der Waals surface area contributed by atoms with E-state index in [1.54, 1.807) is 38.1 Å². The molecule has 0 heterocycles. The second-order valence-electron chi connectivity index (χ2n) is 6.54. The van der Waals surface area contributed by atoms with Crippen LogP contribution in [0.3, 0.4) is 0 Å². The van der Waals surface area contributed by atoms with Crippen molar-refractivity contribution in [2.75, 3.05) is 13.2 Å². The van der Waals surface area contributed by atoms with Crippen molar-refractivity contribution in [2.45, 2.75) is 38.7 Å². The second-order valence-corrected chi connectivity index (χ2v) is 6.98. The molecule has 142 valence electrons. The van der Waals surface area contributed by atoms with E-state index in [0.717, 1.165) is 0 Å². The van der Waals surface area contributed by atoms with Crippen LogP contribution >= 0.6 is 11.6 Å². The van der Waals surface area contributed by atoms with Crippen LogP contribution in [0.15, 0.2) is 24.3 Å². The molecular formula is C19H23ClO6. The molecule has 0 aliphatic heterocycles. The Hall–Kier alpha value is -1.92. The van der Waals surface area contributed by atoms with Crippen molar-refractivity contribution in [3.8, 4) is 0 Å². The average Bonchev–Trinajstić information content (AvgIpc) is 2.53. The maximum atomic E-state index is 12.7. The first-order valence-corrected chi connectivity index (χ1v) is 8.94. The number of esters is 2. The molecule has 0 aromatic heterocycles. The van der Waals surface area contributed by atoms with Crippen molar-refractivity contribution in [3.05, 3.63) is 34.9 Å². The maximum Gasteiger partial charge on any atom is 0.317 e. The zero-order valence-corrected chi connectivity index (χ0v) is 15.8. The summed E-state index contributed by atoms with van der Waals surface area (Å²) in [5.74, 6) is -5.09. The largest absolute Gasteiger partial charge is 0.466 e. The highest BCUT2D eigenvalue weighted by Crippen LogP contribution is 2.47. The summed E-state index contributed by atoms with van der Waals surface area (Å²) in [5.41, 5.74) is -1.15. The molecule has 0 amide bonds. The predicted molar refractivity (Wildman–Crippen MR) is 94.7 cm³/mol. The summed E-state index contributed by atoms with van der Waals surface area (Å²) in [4.78, 5) is 37.8. The quantitative estimate of drug-likeness (QED) is 0.621. The molecule has 0 spiro atoms. The van der Waals surface area contributed by atoms with Crippen molar-refractivity contribution in [1.82, 2.24) is 0 Å². The molecular weight excluding hydrogens is 360 g/mol. The Balaban J connectivity index is 2.61. The van der Waals surface area contributed by atoms with E-state index in [4.69, 9.17) is 21.1 Å². The summed E-state index contributed by atoms with van der Waals surface area (Å²) < 4.78 is 10.2. The van der Waals surface area contributed by atoms with Crippen LogP contribution in [0.25, 0.3) is 0 Å². The number of hydrogen-bond acceptors (Lipinski definition) is 6. The van der Waals surface area contributed by atoms with Gasteiger partial charge >= 0.3 is 11.9 Å². The van der Waals surface area contributed by atoms with Crippen LogP contribution in [-0.4, -0.2) is 41.6 Å². The van der Waals surface area contributed by atoms with Gasteiger partial charge in [-0.15, -0.1) is 0 Å². The first-order valence-electron chi connectivity index (χ1n) is 8.56. The third-order valence-electron chi connectivity index (χ3n) is 4.58. The van der Waals surface area contributed by atoms with Gasteiger partial charge in [0.1, 0.15) is 5.92 Å². The number of carbonyl (C=O) groups is 3. The lowest BCUT2D eigenvalue weighted by atomic mass is 9.62. The van der Waals surface area contributed by atoms with Crippen LogP contribution in [-0.2, 0) is 23.9 Å². The van der Waals surface area contributed by atoms with E-state index in [1.807, 2.05) is 0 Å². The van der Waals surface area contributed by atoms with Gasteiger partial charge < -0.3 is 14.6 Å². The first kappa shape index (κ1) is 20.4. The standard InChI is InChI=1S/C19H23ClO6/c1-4-25-17(22)15-13(21)10-19(3,24)16(18(23)26-5-2)14(15)11-7-6-8-12(20)9-11/h6-9,14-16,24H,4-5,10H2,1-3H3/t14-,15+,16-,19-/m1/s1. The van der Waals surface area contributed by atoms with Gasteiger partial charge in [-0.05, 0) is 38.5 Å². The molecule has 1 aliphatic carbocycles. The summed E-state index contributed by atoms with van der Waals surface area (Å²) in [6.45, 7) is 4.92. The zero-order chi connectivity index (χ0) is 19.5. The number of ether oxygens (including phenoxy) is 2. The van der Waals surface area contributed by atoms with Crippen LogP contribution in [0.5, 0.6) is 0 Å². The van der Waals surface area contributed by atoms with E-state index in [1.165, 1.54) is 6.92 Å². The van der Waals surface area contributed by atoms with E-state index < -0.39 is 41.1 Å². The number of ketones is 1. The van der Waals surface area contributed by atoms with E-state index in [-0.39, 0.29) is 19.6 Å². The molecule has 1 aromatic carbocycles. The number of hydrogen-bond donors (Lipinski definition) is 1. The van der Waals surface area contributed by atoms with Gasteiger partial charge in [-0.3, -0.25) is 14.4 Å². The minimum Gasteiger partial charge on any atom is -0.466 e. The summed E-state index contributed by atoms with van der Waals surface area (Å²) in [6.07, 6.45) is -0.336. The summed E-state index contributed by atoms with van der Waals surface area (Å²) in [5, 5.41) is 11.2. The van der Waals surface area contributed by atoms with Gasteiger partial charge in [0.15, 0.2) is 5.78 Å². The Morgan fingerprint density at radius 3 is 2.42 bits per heavy atom. The molecule has 0 bridgehead atoms. The molecule has 0 unspecified atom stereocenters. The van der Waals surface area contributed by atoms with Crippen molar-refractivity contribution in [2.24, 2.45) is 11.8 Å². The lowest BCUT2D eigenvalue weighted by molar-refractivity contribution is -0.172. The molecule has 6 nitrogen and oxygen atoms in total. The molecule has 0 radical (unpaired) electrons. The van der Waals surface area contributed by atoms with E-state index >= 15 is 0 Å². The van der Waals surface area contributed by atoms with Crippen LogP contribution in [0, 0.1) is 11.8 Å². The van der Waals surface area contributed by atoms with Gasteiger partial charge in [0.25, 0.3) is 0 Å². The van der Waals surface area contributed by atoms with Crippen LogP contribution in [0.1, 0.15) is 38.7 Å². The molecule has 1 fully saturated rings. The molecule has 7 heteroatoms. The van der Waals surface area contributed by atoms with Crippen molar-refractivity contribution in [1.29, 1.82) is 0 Å². The zero-order valence-electron chi connectivity index (χ0n) is 15.0. The van der Waals surface area contributed by atoms with Gasteiger partial charge in [0, 0.05) is 17.4 Å². The fourth-order valence-electron chi connectivity index (χ4n) is 3.59. The van der Waals surface area contributed by atoms with Crippen molar-refractivity contribution in [3.63, 3.8) is 0 Å². The highest BCUT2D eigenvalue weighted by Gasteiger charge is 2.57. The van der Waals surface area contributed by atoms with Crippen molar-refractivity contribution < 1.29 is 29.0 Å². The Bertz CT molecular complexity index is 699. The molecule has 4 atom stereocenters. The second kappa shape index (κ2) is 8.18. The SMILES string of the molecule is CCOC(=O)[C@H]1C(=O)C[C@@](C)(O)[C@@H](C(=O)OCC)[C@@H]1c1cccc(Cl)c1. The molecule has 26 heavy (non-hydrogen) atoms. The highest BCUT2D eigenvalue weighted by molar-refractivity contribution is 6.30. The number of Topliss-reactive ketones (excluding diaryl/α,β-unsaturated/α-hetero) is 1.